The Labute approximate surface area is 160 Å². The van der Waals surface area contributed by atoms with Crippen molar-refractivity contribution in [2.24, 2.45) is 5.73 Å². The number of nitrogens with two attached hydrogens (primary N) is 1. The van der Waals surface area contributed by atoms with Crippen LogP contribution in [0.15, 0.2) is 42.5 Å². The number of hydrogen-bond acceptors (Lipinski definition) is 4. The number of imidazole rings is 1. The van der Waals surface area contributed by atoms with Gasteiger partial charge in [0.25, 0.3) is 5.91 Å². The van der Waals surface area contributed by atoms with Gasteiger partial charge in [-0.25, -0.2) is 9.78 Å². The number of carbonyl (C=O) groups is 2. The lowest BCUT2D eigenvalue weighted by Gasteiger charge is -2.31. The Hall–Kier alpha value is -3.55. The molecule has 0 unspecified atom stereocenters. The summed E-state index contributed by atoms with van der Waals surface area (Å²) in [6.45, 7) is 0.807. The number of nitrogens with zero attached hydrogens (tertiary/aromatic N) is 2. The van der Waals surface area contributed by atoms with E-state index in [1.807, 2.05) is 30.3 Å². The summed E-state index contributed by atoms with van der Waals surface area (Å²) in [7, 11) is 0. The number of likely N-dealkylation sites (tertiary alicyclic amines) is 1. The Morgan fingerprint density at radius 3 is 2.71 bits per heavy atom. The van der Waals surface area contributed by atoms with Crippen molar-refractivity contribution in [1.82, 2.24) is 14.9 Å². The summed E-state index contributed by atoms with van der Waals surface area (Å²) in [4.78, 5) is 32.2. The zero-order chi connectivity index (χ0) is 19.7. The molecule has 8 heteroatoms. The van der Waals surface area contributed by atoms with E-state index in [0.717, 1.165) is 18.4 Å². The topological polar surface area (TPSA) is 122 Å². The molecule has 8 nitrogen and oxygen atoms in total. The number of fused-ring (bicyclic) bond motifs is 1. The summed E-state index contributed by atoms with van der Waals surface area (Å²) in [5, 5.41) is 9.22. The first-order valence-corrected chi connectivity index (χ1v) is 9.05. The molecular formula is C20H20N4O4. The van der Waals surface area contributed by atoms with Crippen molar-refractivity contribution in [3.8, 4) is 17.1 Å². The van der Waals surface area contributed by atoms with Gasteiger partial charge in [0.15, 0.2) is 0 Å². The maximum atomic E-state index is 11.8. The van der Waals surface area contributed by atoms with Crippen LogP contribution >= 0.6 is 0 Å². The number of aromatic nitrogens is 2. The van der Waals surface area contributed by atoms with Gasteiger partial charge in [0.2, 0.25) is 0 Å². The second-order valence-electron chi connectivity index (χ2n) is 6.76. The third kappa shape index (κ3) is 3.36. The van der Waals surface area contributed by atoms with Gasteiger partial charge in [-0.2, -0.15) is 0 Å². The first-order chi connectivity index (χ1) is 13.5. The van der Waals surface area contributed by atoms with Crippen LogP contribution in [0.25, 0.3) is 22.4 Å². The Kier molecular flexibility index (Phi) is 4.60. The van der Waals surface area contributed by atoms with Gasteiger partial charge >= 0.3 is 6.09 Å². The fourth-order valence-corrected chi connectivity index (χ4v) is 3.49. The number of H-pyrrole nitrogens is 1. The molecular weight excluding hydrogens is 360 g/mol. The van der Waals surface area contributed by atoms with E-state index >= 15 is 0 Å². The van der Waals surface area contributed by atoms with Crippen molar-refractivity contribution in [1.29, 1.82) is 0 Å². The molecule has 2 aromatic carbocycles. The van der Waals surface area contributed by atoms with Crippen molar-refractivity contribution >= 4 is 23.0 Å². The average Bonchev–Trinajstić information content (AvgIpc) is 3.14. The molecule has 28 heavy (non-hydrogen) atoms. The standard InChI is InChI=1S/C20H20N4O4/c21-18(25)14-8-9-15(28-13-7-4-10-24(11-13)20(26)27)17-16(14)22-19(23-17)12-5-2-1-3-6-12/h1-3,5-6,8-9,13H,4,7,10-11H2,(H2,21,25)(H,22,23)(H,26,27)/t13-/m0/s1. The molecule has 1 aliphatic heterocycles. The highest BCUT2D eigenvalue weighted by Gasteiger charge is 2.26. The molecule has 1 aromatic heterocycles. The number of primary amides is 1. The molecule has 1 fully saturated rings. The maximum Gasteiger partial charge on any atom is 0.407 e. The van der Waals surface area contributed by atoms with Gasteiger partial charge in [0, 0.05) is 12.1 Å². The van der Waals surface area contributed by atoms with Crippen LogP contribution in [0, 0.1) is 0 Å². The van der Waals surface area contributed by atoms with Gasteiger partial charge in [0.05, 0.1) is 12.1 Å². The predicted molar refractivity (Wildman–Crippen MR) is 103 cm³/mol. The number of carboxylic acid groups (broad SMARTS) is 1. The first kappa shape index (κ1) is 17.8. The summed E-state index contributed by atoms with van der Waals surface area (Å²) in [6.07, 6.45) is 0.270. The van der Waals surface area contributed by atoms with E-state index in [1.54, 1.807) is 12.1 Å². The molecule has 1 atom stereocenters. The van der Waals surface area contributed by atoms with E-state index in [9.17, 15) is 14.7 Å². The quantitative estimate of drug-likeness (QED) is 0.642. The molecule has 0 aliphatic carbocycles. The van der Waals surface area contributed by atoms with Crippen LogP contribution in [0.2, 0.25) is 0 Å². The van der Waals surface area contributed by atoms with Gasteiger partial charge in [0.1, 0.15) is 28.7 Å². The van der Waals surface area contributed by atoms with Crippen molar-refractivity contribution in [2.45, 2.75) is 18.9 Å². The molecule has 0 spiro atoms. The van der Waals surface area contributed by atoms with Crippen LogP contribution in [0.4, 0.5) is 4.79 Å². The third-order valence-corrected chi connectivity index (χ3v) is 4.86. The molecule has 2 amide bonds. The van der Waals surface area contributed by atoms with E-state index in [0.29, 0.717) is 41.3 Å². The summed E-state index contributed by atoms with van der Waals surface area (Å²) in [5.41, 5.74) is 7.69. The van der Waals surface area contributed by atoms with Gasteiger partial charge in [-0.05, 0) is 25.0 Å². The fourth-order valence-electron chi connectivity index (χ4n) is 3.49. The van der Waals surface area contributed by atoms with Gasteiger partial charge < -0.3 is 25.5 Å². The molecule has 4 N–H and O–H groups in total. The average molecular weight is 380 g/mol. The number of carbonyl (C=O) groups excluding carboxylic acids is 1. The number of piperidine rings is 1. The van der Waals surface area contributed by atoms with Gasteiger partial charge in [-0.3, -0.25) is 4.79 Å². The SMILES string of the molecule is NC(=O)c1ccc(O[C@H]2CCCN(C(=O)O)C2)c2[nH]c(-c3ccccc3)nc12. The summed E-state index contributed by atoms with van der Waals surface area (Å²) < 4.78 is 6.10. The first-order valence-electron chi connectivity index (χ1n) is 9.05. The fraction of sp³-hybridized carbons (Fsp3) is 0.250. The molecule has 4 rings (SSSR count). The molecule has 0 saturated carbocycles. The molecule has 2 heterocycles. The lowest BCUT2D eigenvalue weighted by molar-refractivity contribution is 0.0798. The monoisotopic (exact) mass is 380 g/mol. The van der Waals surface area contributed by atoms with Crippen LogP contribution in [0.1, 0.15) is 23.2 Å². The Morgan fingerprint density at radius 2 is 2.00 bits per heavy atom. The lowest BCUT2D eigenvalue weighted by atomic mass is 10.1. The predicted octanol–water partition coefficient (Wildman–Crippen LogP) is 2.85. The number of ether oxygens (including phenoxy) is 1. The largest absolute Gasteiger partial charge is 0.486 e. The zero-order valence-electron chi connectivity index (χ0n) is 15.1. The minimum absolute atomic E-state index is 0.268. The van der Waals surface area contributed by atoms with E-state index < -0.39 is 12.0 Å². The molecule has 144 valence electrons. The van der Waals surface area contributed by atoms with Crippen LogP contribution in [0.5, 0.6) is 5.75 Å². The number of amides is 2. The number of hydrogen-bond donors (Lipinski definition) is 3. The highest BCUT2D eigenvalue weighted by Crippen LogP contribution is 2.31. The minimum Gasteiger partial charge on any atom is -0.486 e. The molecule has 1 saturated heterocycles. The highest BCUT2D eigenvalue weighted by molar-refractivity contribution is 6.06. The summed E-state index contributed by atoms with van der Waals surface area (Å²) >= 11 is 0. The van der Waals surface area contributed by atoms with Crippen molar-refractivity contribution in [3.05, 3.63) is 48.0 Å². The molecule has 1 aliphatic rings. The van der Waals surface area contributed by atoms with Crippen LogP contribution in [-0.2, 0) is 0 Å². The number of aromatic amines is 1. The Morgan fingerprint density at radius 1 is 1.21 bits per heavy atom. The Balaban J connectivity index is 1.72. The number of benzene rings is 2. The number of rotatable bonds is 4. The van der Waals surface area contributed by atoms with Crippen molar-refractivity contribution in [2.75, 3.05) is 13.1 Å². The van der Waals surface area contributed by atoms with Gasteiger partial charge in [-0.15, -0.1) is 0 Å². The van der Waals surface area contributed by atoms with Crippen molar-refractivity contribution < 1.29 is 19.4 Å². The minimum atomic E-state index is -0.949. The smallest absolute Gasteiger partial charge is 0.407 e. The summed E-state index contributed by atoms with van der Waals surface area (Å²) in [6, 6.07) is 12.8. The second kappa shape index (κ2) is 7.22. The van der Waals surface area contributed by atoms with Crippen molar-refractivity contribution in [3.63, 3.8) is 0 Å². The van der Waals surface area contributed by atoms with E-state index in [4.69, 9.17) is 10.5 Å². The molecule has 3 aromatic rings. The zero-order valence-corrected chi connectivity index (χ0v) is 15.1. The van der Waals surface area contributed by atoms with Crippen LogP contribution in [0.3, 0.4) is 0 Å². The maximum absolute atomic E-state index is 11.8. The third-order valence-electron chi connectivity index (χ3n) is 4.86. The second-order valence-corrected chi connectivity index (χ2v) is 6.76. The molecule has 0 radical (unpaired) electrons. The van der Waals surface area contributed by atoms with E-state index in [-0.39, 0.29) is 6.10 Å². The normalized spacial score (nSPS) is 16.9. The van der Waals surface area contributed by atoms with E-state index in [1.165, 1.54) is 4.90 Å². The Bertz CT molecular complexity index is 1030. The molecule has 0 bridgehead atoms. The highest BCUT2D eigenvalue weighted by atomic mass is 16.5. The van der Waals surface area contributed by atoms with Gasteiger partial charge in [-0.1, -0.05) is 30.3 Å². The van der Waals surface area contributed by atoms with Crippen LogP contribution < -0.4 is 10.5 Å². The number of nitrogens with one attached hydrogen (secondary N) is 1. The lowest BCUT2D eigenvalue weighted by Crippen LogP contribution is -2.43. The van der Waals surface area contributed by atoms with Crippen LogP contribution in [-0.4, -0.2) is 51.2 Å². The summed E-state index contributed by atoms with van der Waals surface area (Å²) in [5.74, 6) is 0.550. The van der Waals surface area contributed by atoms with E-state index in [2.05, 4.69) is 9.97 Å².